The number of aryl methyl sites for hydroxylation is 1. The highest BCUT2D eigenvalue weighted by molar-refractivity contribution is 9.10. The van der Waals surface area contributed by atoms with Crippen LogP contribution in [0.5, 0.6) is 0 Å². The maximum absolute atomic E-state index is 12.8. The molecule has 0 spiro atoms. The van der Waals surface area contributed by atoms with Crippen molar-refractivity contribution in [2.45, 2.75) is 24.4 Å². The molecule has 0 aromatic carbocycles. The van der Waals surface area contributed by atoms with Crippen molar-refractivity contribution >= 4 is 37.3 Å². The van der Waals surface area contributed by atoms with E-state index in [1.807, 2.05) is 18.4 Å². The fourth-order valence-electron chi connectivity index (χ4n) is 2.52. The van der Waals surface area contributed by atoms with Crippen LogP contribution in [0.15, 0.2) is 21.1 Å². The summed E-state index contributed by atoms with van der Waals surface area (Å²) in [5.41, 5.74) is 1.09. The number of halogens is 1. The summed E-state index contributed by atoms with van der Waals surface area (Å²) in [6.45, 7) is 2.40. The van der Waals surface area contributed by atoms with E-state index in [1.165, 1.54) is 13.9 Å². The van der Waals surface area contributed by atoms with Gasteiger partial charge in [0.05, 0.1) is 0 Å². The van der Waals surface area contributed by atoms with Gasteiger partial charge in [0, 0.05) is 24.5 Å². The summed E-state index contributed by atoms with van der Waals surface area (Å²) in [4.78, 5) is 1.27. The normalized spacial score (nSPS) is 20.1. The first kappa shape index (κ1) is 14.2. The minimum Gasteiger partial charge on any atom is -0.235 e. The van der Waals surface area contributed by atoms with E-state index in [0.29, 0.717) is 6.54 Å². The Morgan fingerprint density at radius 3 is 2.90 bits per heavy atom. The van der Waals surface area contributed by atoms with Gasteiger partial charge < -0.3 is 0 Å². The molecule has 2 aromatic rings. The lowest BCUT2D eigenvalue weighted by molar-refractivity contribution is 0.326. The van der Waals surface area contributed by atoms with Gasteiger partial charge in [-0.3, -0.25) is 0 Å². The van der Waals surface area contributed by atoms with Crippen LogP contribution in [-0.2, 0) is 23.5 Å². The number of sulfonamides is 1. The largest absolute Gasteiger partial charge is 0.263 e. The number of hydrogen-bond acceptors (Lipinski definition) is 5. The quantitative estimate of drug-likeness (QED) is 0.802. The van der Waals surface area contributed by atoms with Crippen LogP contribution in [0, 0.1) is 0 Å². The molecule has 0 fully saturated rings. The van der Waals surface area contributed by atoms with Gasteiger partial charge in [-0.15, -0.1) is 16.4 Å². The van der Waals surface area contributed by atoms with Crippen LogP contribution in [0.3, 0.4) is 0 Å². The molecule has 3 rings (SSSR count). The number of aromatic nitrogens is 3. The second-order valence-corrected chi connectivity index (χ2v) is 8.21. The minimum atomic E-state index is -3.62. The standard InChI is InChI=1S/C11H13BrN4O2S2/c1-7-8-4-6-19-9(8)3-5-16(7)20(17,18)11-10(12)13-14-15(11)2/h4,6-7H,3,5H2,1-2H3. The SMILES string of the molecule is CC1c2ccsc2CCN1S(=O)(=O)c1c(Br)nnn1C. The fourth-order valence-corrected chi connectivity index (χ4v) is 6.13. The topological polar surface area (TPSA) is 68.1 Å². The Morgan fingerprint density at radius 1 is 1.50 bits per heavy atom. The van der Waals surface area contributed by atoms with Gasteiger partial charge in [-0.05, 0) is 46.3 Å². The van der Waals surface area contributed by atoms with Crippen LogP contribution in [-0.4, -0.2) is 34.3 Å². The number of hydrogen-bond donors (Lipinski definition) is 0. The molecule has 0 amide bonds. The molecule has 1 atom stereocenters. The van der Waals surface area contributed by atoms with E-state index in [4.69, 9.17) is 0 Å². The number of fused-ring (bicyclic) bond motifs is 1. The summed E-state index contributed by atoms with van der Waals surface area (Å²) < 4.78 is 28.7. The second kappa shape index (κ2) is 4.90. The Bertz CT molecular complexity index is 733. The van der Waals surface area contributed by atoms with Crippen molar-refractivity contribution in [1.82, 2.24) is 19.3 Å². The Balaban J connectivity index is 2.06. The summed E-state index contributed by atoms with van der Waals surface area (Å²) in [6, 6.07) is 1.83. The van der Waals surface area contributed by atoms with E-state index in [1.54, 1.807) is 18.4 Å². The smallest absolute Gasteiger partial charge is 0.235 e. The summed E-state index contributed by atoms with van der Waals surface area (Å²) in [6.07, 6.45) is 0.749. The third-order valence-electron chi connectivity index (χ3n) is 3.51. The molecule has 2 aromatic heterocycles. The summed E-state index contributed by atoms with van der Waals surface area (Å²) in [7, 11) is -2.04. The molecule has 1 aliphatic heterocycles. The van der Waals surface area contributed by atoms with Gasteiger partial charge in [-0.1, -0.05) is 5.21 Å². The summed E-state index contributed by atoms with van der Waals surface area (Å²) >= 11 is 4.85. The monoisotopic (exact) mass is 376 g/mol. The van der Waals surface area contributed by atoms with E-state index in [9.17, 15) is 8.42 Å². The van der Waals surface area contributed by atoms with Crippen molar-refractivity contribution in [2.75, 3.05) is 6.54 Å². The molecular weight excluding hydrogens is 364 g/mol. The molecule has 6 nitrogen and oxygen atoms in total. The predicted octanol–water partition coefficient (Wildman–Crippen LogP) is 1.95. The van der Waals surface area contributed by atoms with Crippen LogP contribution in [0.25, 0.3) is 0 Å². The van der Waals surface area contributed by atoms with E-state index in [0.717, 1.165) is 12.0 Å². The highest BCUT2D eigenvalue weighted by Gasteiger charge is 2.37. The van der Waals surface area contributed by atoms with Crippen molar-refractivity contribution in [3.8, 4) is 0 Å². The number of nitrogens with zero attached hydrogens (tertiary/aromatic N) is 4. The Labute approximate surface area is 129 Å². The lowest BCUT2D eigenvalue weighted by atomic mass is 10.0. The van der Waals surface area contributed by atoms with Crippen molar-refractivity contribution < 1.29 is 8.42 Å². The van der Waals surface area contributed by atoms with Crippen LogP contribution in [0.1, 0.15) is 23.4 Å². The van der Waals surface area contributed by atoms with E-state index in [-0.39, 0.29) is 15.7 Å². The second-order valence-electron chi connectivity index (χ2n) is 4.65. The first-order chi connectivity index (χ1) is 9.43. The Morgan fingerprint density at radius 2 is 2.25 bits per heavy atom. The lowest BCUT2D eigenvalue weighted by Gasteiger charge is -2.32. The van der Waals surface area contributed by atoms with Crippen molar-refractivity contribution in [3.63, 3.8) is 0 Å². The molecule has 1 aliphatic rings. The van der Waals surface area contributed by atoms with Crippen molar-refractivity contribution in [2.24, 2.45) is 7.05 Å². The molecule has 1 unspecified atom stereocenters. The minimum absolute atomic E-state index is 0.100. The fraction of sp³-hybridized carbons (Fsp3) is 0.455. The molecule has 3 heterocycles. The summed E-state index contributed by atoms with van der Waals surface area (Å²) in [5, 5.41) is 9.63. The molecule has 0 saturated carbocycles. The van der Waals surface area contributed by atoms with Crippen LogP contribution < -0.4 is 0 Å². The Hall–Kier alpha value is -0.770. The van der Waals surface area contributed by atoms with Gasteiger partial charge in [-0.25, -0.2) is 13.1 Å². The molecule has 0 aliphatic carbocycles. The lowest BCUT2D eigenvalue weighted by Crippen LogP contribution is -2.39. The van der Waals surface area contributed by atoms with Gasteiger partial charge in [0.2, 0.25) is 5.03 Å². The van der Waals surface area contributed by atoms with E-state index < -0.39 is 10.0 Å². The van der Waals surface area contributed by atoms with Crippen LogP contribution in [0.2, 0.25) is 0 Å². The zero-order chi connectivity index (χ0) is 14.5. The van der Waals surface area contributed by atoms with Gasteiger partial charge in [-0.2, -0.15) is 4.31 Å². The van der Waals surface area contributed by atoms with Crippen LogP contribution in [0.4, 0.5) is 0 Å². The van der Waals surface area contributed by atoms with E-state index in [2.05, 4.69) is 26.2 Å². The molecule has 0 N–H and O–H groups in total. The first-order valence-electron chi connectivity index (χ1n) is 6.06. The zero-order valence-electron chi connectivity index (χ0n) is 10.9. The molecule has 108 valence electrons. The zero-order valence-corrected chi connectivity index (χ0v) is 14.2. The Kier molecular flexibility index (Phi) is 3.47. The third kappa shape index (κ3) is 2.03. The van der Waals surface area contributed by atoms with Crippen molar-refractivity contribution in [3.05, 3.63) is 26.5 Å². The predicted molar refractivity (Wildman–Crippen MR) is 79.0 cm³/mol. The maximum atomic E-state index is 12.8. The number of thiophene rings is 1. The third-order valence-corrected chi connectivity index (χ3v) is 7.37. The molecule has 20 heavy (non-hydrogen) atoms. The highest BCUT2D eigenvalue weighted by atomic mass is 79.9. The molecule has 0 saturated heterocycles. The van der Waals surface area contributed by atoms with E-state index >= 15 is 0 Å². The van der Waals surface area contributed by atoms with Gasteiger partial charge in [0.25, 0.3) is 10.0 Å². The average molecular weight is 377 g/mol. The maximum Gasteiger partial charge on any atom is 0.263 e. The molecule has 0 radical (unpaired) electrons. The van der Waals surface area contributed by atoms with Gasteiger partial charge in [0.1, 0.15) is 0 Å². The molecule has 9 heteroatoms. The van der Waals surface area contributed by atoms with Gasteiger partial charge in [0.15, 0.2) is 4.60 Å². The van der Waals surface area contributed by atoms with Crippen molar-refractivity contribution in [1.29, 1.82) is 0 Å². The highest BCUT2D eigenvalue weighted by Crippen LogP contribution is 2.37. The van der Waals surface area contributed by atoms with Gasteiger partial charge >= 0.3 is 0 Å². The summed E-state index contributed by atoms with van der Waals surface area (Å²) in [5.74, 6) is 0. The molecule has 0 bridgehead atoms. The first-order valence-corrected chi connectivity index (χ1v) is 9.17. The number of rotatable bonds is 2. The van der Waals surface area contributed by atoms with Crippen LogP contribution >= 0.6 is 27.3 Å². The molecular formula is C11H13BrN4O2S2. The average Bonchev–Trinajstić information content (AvgIpc) is 2.97.